The summed E-state index contributed by atoms with van der Waals surface area (Å²) in [5, 5.41) is 3.49. The maximum Gasteiger partial charge on any atom is 0.257 e. The minimum atomic E-state index is -0.556. The average molecular weight is 412 g/mol. The van der Waals surface area contributed by atoms with Crippen molar-refractivity contribution in [3.63, 3.8) is 0 Å². The molecule has 0 aliphatic heterocycles. The van der Waals surface area contributed by atoms with Gasteiger partial charge in [-0.2, -0.15) is 0 Å². The Kier molecular flexibility index (Phi) is 6.17. The van der Waals surface area contributed by atoms with E-state index in [4.69, 9.17) is 4.42 Å². The van der Waals surface area contributed by atoms with E-state index < -0.39 is 5.41 Å². The highest BCUT2D eigenvalue weighted by molar-refractivity contribution is 7.16. The summed E-state index contributed by atoms with van der Waals surface area (Å²) in [5.41, 5.74) is 0.701. The molecule has 0 aliphatic rings. The summed E-state index contributed by atoms with van der Waals surface area (Å²) >= 11 is 1.40. The van der Waals surface area contributed by atoms with Crippen molar-refractivity contribution in [2.75, 3.05) is 5.32 Å². The van der Waals surface area contributed by atoms with Gasteiger partial charge in [-0.05, 0) is 37.3 Å². The molecular weight excluding hydrogens is 386 g/mol. The second-order valence-corrected chi connectivity index (χ2v) is 9.12. The van der Waals surface area contributed by atoms with Crippen LogP contribution in [0.2, 0.25) is 0 Å². The van der Waals surface area contributed by atoms with Gasteiger partial charge in [0, 0.05) is 16.5 Å². The lowest BCUT2D eigenvalue weighted by Crippen LogP contribution is -2.32. The fraction of sp³-hybridized carbons (Fsp3) is 0.318. The van der Waals surface area contributed by atoms with Gasteiger partial charge in [0.1, 0.15) is 10.8 Å². The van der Waals surface area contributed by atoms with Gasteiger partial charge in [-0.1, -0.05) is 26.8 Å². The molecule has 3 heterocycles. The molecule has 3 aromatic rings. The molecule has 0 aliphatic carbocycles. The fourth-order valence-corrected chi connectivity index (χ4v) is 3.60. The average Bonchev–Trinajstić information content (AvgIpc) is 3.30. The van der Waals surface area contributed by atoms with Crippen LogP contribution in [0, 0.1) is 12.3 Å². The number of pyridine rings is 1. The number of carbonyl (C=O) groups excluding carboxylic acids is 2. The summed E-state index contributed by atoms with van der Waals surface area (Å²) in [5.74, 6) is 0.373. The normalized spacial score (nSPS) is 11.3. The van der Waals surface area contributed by atoms with Crippen molar-refractivity contribution in [3.05, 3.63) is 70.8 Å². The molecule has 0 aromatic carbocycles. The first-order chi connectivity index (χ1) is 13.7. The molecule has 0 saturated heterocycles. The molecule has 7 heteroatoms. The van der Waals surface area contributed by atoms with Gasteiger partial charge in [-0.3, -0.25) is 14.6 Å². The van der Waals surface area contributed by atoms with Gasteiger partial charge in [-0.25, -0.2) is 0 Å². The van der Waals surface area contributed by atoms with Crippen molar-refractivity contribution in [2.45, 2.75) is 40.8 Å². The van der Waals surface area contributed by atoms with Crippen LogP contribution in [0.3, 0.4) is 0 Å². The molecule has 2 amide bonds. The number of nitrogens with zero attached hydrogens (tertiary/aromatic N) is 2. The molecule has 6 nitrogen and oxygen atoms in total. The van der Waals surface area contributed by atoms with E-state index >= 15 is 0 Å². The van der Waals surface area contributed by atoms with Gasteiger partial charge in [-0.15, -0.1) is 11.3 Å². The Hall–Kier alpha value is -2.93. The maximum absolute atomic E-state index is 13.5. The highest BCUT2D eigenvalue weighted by Crippen LogP contribution is 2.31. The van der Waals surface area contributed by atoms with Crippen LogP contribution >= 0.6 is 11.3 Å². The Labute approximate surface area is 174 Å². The van der Waals surface area contributed by atoms with Crippen LogP contribution < -0.4 is 5.32 Å². The maximum atomic E-state index is 13.5. The van der Waals surface area contributed by atoms with E-state index in [2.05, 4.69) is 10.3 Å². The Morgan fingerprint density at radius 1 is 1.17 bits per heavy atom. The van der Waals surface area contributed by atoms with Crippen LogP contribution in [0.4, 0.5) is 5.00 Å². The zero-order valence-corrected chi connectivity index (χ0v) is 17.9. The first-order valence-electron chi connectivity index (χ1n) is 9.37. The van der Waals surface area contributed by atoms with E-state index in [1.165, 1.54) is 11.3 Å². The number of furan rings is 1. The van der Waals surface area contributed by atoms with Crippen molar-refractivity contribution in [1.29, 1.82) is 0 Å². The van der Waals surface area contributed by atoms with Crippen LogP contribution in [0.1, 0.15) is 47.5 Å². The summed E-state index contributed by atoms with van der Waals surface area (Å²) in [6.45, 7) is 8.09. The van der Waals surface area contributed by atoms with Crippen molar-refractivity contribution >= 4 is 28.2 Å². The van der Waals surface area contributed by atoms with E-state index in [0.29, 0.717) is 29.4 Å². The minimum Gasteiger partial charge on any atom is -0.467 e. The molecule has 0 radical (unpaired) electrons. The van der Waals surface area contributed by atoms with E-state index in [9.17, 15) is 9.59 Å². The fourth-order valence-electron chi connectivity index (χ4n) is 2.70. The number of nitrogens with one attached hydrogen (secondary N) is 1. The number of aromatic nitrogens is 1. The molecule has 1 N–H and O–H groups in total. The zero-order valence-electron chi connectivity index (χ0n) is 17.1. The standard InChI is InChI=1S/C22H25N3O3S/c1-15-12-18(19(29-15)24-21(27)22(2,3)4)20(26)25(14-17-9-7-11-28-17)13-16-8-5-6-10-23-16/h5-12H,13-14H2,1-4H3,(H,24,27). The van der Waals surface area contributed by atoms with Gasteiger partial charge in [0.2, 0.25) is 5.91 Å². The summed E-state index contributed by atoms with van der Waals surface area (Å²) < 4.78 is 5.45. The third kappa shape index (κ3) is 5.32. The van der Waals surface area contributed by atoms with Crippen molar-refractivity contribution in [1.82, 2.24) is 9.88 Å². The lowest BCUT2D eigenvalue weighted by molar-refractivity contribution is -0.123. The van der Waals surface area contributed by atoms with Gasteiger partial charge in [0.15, 0.2) is 0 Å². The van der Waals surface area contributed by atoms with Crippen LogP contribution in [-0.4, -0.2) is 21.7 Å². The first-order valence-corrected chi connectivity index (χ1v) is 10.2. The van der Waals surface area contributed by atoms with E-state index in [1.807, 2.05) is 58.0 Å². The van der Waals surface area contributed by atoms with E-state index in [-0.39, 0.29) is 11.8 Å². The molecule has 3 aromatic heterocycles. The van der Waals surface area contributed by atoms with E-state index in [1.54, 1.807) is 23.4 Å². The smallest absolute Gasteiger partial charge is 0.257 e. The van der Waals surface area contributed by atoms with Gasteiger partial charge < -0.3 is 14.6 Å². The third-order valence-electron chi connectivity index (χ3n) is 4.29. The highest BCUT2D eigenvalue weighted by Gasteiger charge is 2.27. The zero-order chi connectivity index (χ0) is 21.0. The summed E-state index contributed by atoms with van der Waals surface area (Å²) in [4.78, 5) is 32.9. The molecule has 0 unspecified atom stereocenters. The Morgan fingerprint density at radius 2 is 1.97 bits per heavy atom. The van der Waals surface area contributed by atoms with E-state index in [0.717, 1.165) is 10.6 Å². The topological polar surface area (TPSA) is 75.4 Å². The van der Waals surface area contributed by atoms with Crippen molar-refractivity contribution in [3.8, 4) is 0 Å². The molecule has 3 rings (SSSR count). The predicted molar refractivity (Wildman–Crippen MR) is 114 cm³/mol. The van der Waals surface area contributed by atoms with Crippen LogP contribution in [0.5, 0.6) is 0 Å². The largest absolute Gasteiger partial charge is 0.467 e. The molecular formula is C22H25N3O3S. The van der Waals surface area contributed by atoms with Crippen molar-refractivity contribution in [2.24, 2.45) is 5.41 Å². The van der Waals surface area contributed by atoms with Gasteiger partial charge >= 0.3 is 0 Å². The Balaban J connectivity index is 1.90. The number of aryl methyl sites for hydroxylation is 1. The summed E-state index contributed by atoms with van der Waals surface area (Å²) in [6, 6.07) is 11.1. The molecule has 0 atom stereocenters. The van der Waals surface area contributed by atoms with Crippen LogP contribution in [0.25, 0.3) is 0 Å². The van der Waals surface area contributed by atoms with Crippen molar-refractivity contribution < 1.29 is 14.0 Å². The number of thiophene rings is 1. The second kappa shape index (κ2) is 8.61. The molecule has 29 heavy (non-hydrogen) atoms. The van der Waals surface area contributed by atoms with Gasteiger partial charge in [0.05, 0.1) is 30.6 Å². The SMILES string of the molecule is Cc1cc(C(=O)N(Cc2ccccn2)Cc2ccco2)c(NC(=O)C(C)(C)C)s1. The predicted octanol–water partition coefficient (Wildman–Crippen LogP) is 4.87. The quantitative estimate of drug-likeness (QED) is 0.628. The van der Waals surface area contributed by atoms with Gasteiger partial charge in [0.25, 0.3) is 5.91 Å². The monoisotopic (exact) mass is 411 g/mol. The Morgan fingerprint density at radius 3 is 2.59 bits per heavy atom. The lowest BCUT2D eigenvalue weighted by atomic mass is 9.96. The lowest BCUT2D eigenvalue weighted by Gasteiger charge is -2.22. The summed E-state index contributed by atoms with van der Waals surface area (Å²) in [7, 11) is 0. The number of amides is 2. The first kappa shape index (κ1) is 20.8. The number of anilines is 1. The number of hydrogen-bond acceptors (Lipinski definition) is 5. The number of carbonyl (C=O) groups is 2. The van der Waals surface area contributed by atoms with Crippen LogP contribution in [0.15, 0.2) is 53.3 Å². The summed E-state index contributed by atoms with van der Waals surface area (Å²) in [6.07, 6.45) is 3.29. The molecule has 0 fully saturated rings. The molecule has 152 valence electrons. The highest BCUT2D eigenvalue weighted by atomic mass is 32.1. The Bertz CT molecular complexity index is 973. The number of rotatable bonds is 6. The molecule has 0 spiro atoms. The second-order valence-electron chi connectivity index (χ2n) is 7.87. The third-order valence-corrected chi connectivity index (χ3v) is 5.25. The molecule has 0 bridgehead atoms. The van der Waals surface area contributed by atoms with Crippen LogP contribution in [-0.2, 0) is 17.9 Å². The number of hydrogen-bond donors (Lipinski definition) is 1. The molecule has 0 saturated carbocycles. The minimum absolute atomic E-state index is 0.129.